The molecule has 2 saturated heterocycles. The average molecular weight is 370 g/mol. The number of benzene rings is 1. The van der Waals surface area contributed by atoms with Crippen molar-refractivity contribution in [3.05, 3.63) is 35.4 Å². The summed E-state index contributed by atoms with van der Waals surface area (Å²) < 4.78 is 11.8. The third-order valence-electron chi connectivity index (χ3n) is 7.83. The summed E-state index contributed by atoms with van der Waals surface area (Å²) in [5, 5.41) is 0. The first-order valence-electron chi connectivity index (χ1n) is 10.3. The van der Waals surface area contributed by atoms with Crippen LogP contribution in [0.1, 0.15) is 48.0 Å². The maximum Gasteiger partial charge on any atom is 0.248 e. The van der Waals surface area contributed by atoms with Gasteiger partial charge in [0.15, 0.2) is 0 Å². The Bertz CT molecular complexity index is 723. The summed E-state index contributed by atoms with van der Waals surface area (Å²) >= 11 is 0. The first kappa shape index (κ1) is 17.7. The zero-order valence-electron chi connectivity index (χ0n) is 16.2. The second kappa shape index (κ2) is 6.29. The monoisotopic (exact) mass is 370 g/mol. The quantitative estimate of drug-likeness (QED) is 0.885. The number of fused-ring (bicyclic) bond motifs is 2. The summed E-state index contributed by atoms with van der Waals surface area (Å²) in [6.45, 7) is 4.11. The van der Waals surface area contributed by atoms with Gasteiger partial charge in [-0.05, 0) is 43.4 Å². The van der Waals surface area contributed by atoms with Gasteiger partial charge in [-0.25, -0.2) is 0 Å². The van der Waals surface area contributed by atoms with Crippen molar-refractivity contribution in [1.29, 1.82) is 0 Å². The molecular formula is C22H30N2O3. The Kier molecular flexibility index (Phi) is 4.12. The van der Waals surface area contributed by atoms with Crippen molar-refractivity contribution in [2.24, 2.45) is 23.0 Å². The molecule has 0 aromatic heterocycles. The fourth-order valence-corrected chi connectivity index (χ4v) is 6.43. The van der Waals surface area contributed by atoms with E-state index in [1.807, 2.05) is 19.2 Å². The number of rotatable bonds is 4. The summed E-state index contributed by atoms with van der Waals surface area (Å²) in [6.07, 6.45) is 6.23. The van der Waals surface area contributed by atoms with E-state index >= 15 is 0 Å². The molecule has 2 aliphatic heterocycles. The molecule has 1 spiro atoms. The van der Waals surface area contributed by atoms with E-state index in [1.165, 1.54) is 32.1 Å². The molecule has 1 aromatic rings. The Balaban J connectivity index is 1.42. The smallest absolute Gasteiger partial charge is 0.248 e. The van der Waals surface area contributed by atoms with Crippen LogP contribution in [-0.2, 0) is 15.1 Å². The maximum atomic E-state index is 11.7. The number of amides is 1. The van der Waals surface area contributed by atoms with E-state index < -0.39 is 0 Å². The highest BCUT2D eigenvalue weighted by molar-refractivity contribution is 5.92. The van der Waals surface area contributed by atoms with Gasteiger partial charge < -0.3 is 15.2 Å². The number of hydrogen-bond donors (Lipinski definition) is 1. The van der Waals surface area contributed by atoms with Crippen LogP contribution in [-0.4, -0.2) is 50.3 Å². The van der Waals surface area contributed by atoms with Gasteiger partial charge >= 0.3 is 0 Å². The van der Waals surface area contributed by atoms with Gasteiger partial charge in [0.25, 0.3) is 0 Å². The van der Waals surface area contributed by atoms with E-state index in [0.29, 0.717) is 28.9 Å². The highest BCUT2D eigenvalue weighted by atomic mass is 16.5. The minimum atomic E-state index is -0.367. The fourth-order valence-electron chi connectivity index (χ4n) is 6.43. The van der Waals surface area contributed by atoms with Gasteiger partial charge in [0.05, 0.1) is 13.2 Å². The largest absolute Gasteiger partial charge is 0.380 e. The van der Waals surface area contributed by atoms with Crippen molar-refractivity contribution < 1.29 is 14.3 Å². The molecule has 4 fully saturated rings. The number of carbonyl (C=O) groups is 1. The van der Waals surface area contributed by atoms with Crippen LogP contribution in [0.3, 0.4) is 0 Å². The summed E-state index contributed by atoms with van der Waals surface area (Å²) in [5.41, 5.74) is 7.47. The molecule has 2 bridgehead atoms. The predicted molar refractivity (Wildman–Crippen MR) is 102 cm³/mol. The molecule has 0 radical (unpaired) electrons. The fraction of sp³-hybridized carbons (Fsp3) is 0.682. The van der Waals surface area contributed by atoms with Gasteiger partial charge in [-0.15, -0.1) is 0 Å². The lowest BCUT2D eigenvalue weighted by molar-refractivity contribution is -0.215. The third-order valence-corrected chi connectivity index (χ3v) is 7.83. The topological polar surface area (TPSA) is 64.8 Å². The molecule has 2 saturated carbocycles. The maximum absolute atomic E-state index is 11.7. The van der Waals surface area contributed by atoms with Crippen molar-refractivity contribution >= 4 is 5.91 Å². The first-order valence-corrected chi connectivity index (χ1v) is 10.3. The number of primary amides is 1. The standard InChI is InChI=1S/C22H30N2O3/c1-26-22(16-5-2-4-15(8-16)20(23)25)17-6-3-7-18(22)12-24(11-17)19-9-21(10-19)13-27-14-21/h2,4-5,8,17-19H,3,6-7,9-14H2,1H3,(H2,23,25). The molecular weight excluding hydrogens is 340 g/mol. The van der Waals surface area contributed by atoms with E-state index in [9.17, 15) is 4.79 Å². The minimum absolute atomic E-state index is 0.290. The second-order valence-electron chi connectivity index (χ2n) is 9.28. The van der Waals surface area contributed by atoms with Crippen molar-refractivity contribution in [3.8, 4) is 0 Å². The van der Waals surface area contributed by atoms with Crippen LogP contribution in [0.2, 0.25) is 0 Å². The van der Waals surface area contributed by atoms with Gasteiger partial charge in [-0.1, -0.05) is 18.6 Å². The van der Waals surface area contributed by atoms with Gasteiger partial charge in [-0.2, -0.15) is 0 Å². The Labute approximate surface area is 161 Å². The summed E-state index contributed by atoms with van der Waals surface area (Å²) in [6, 6.07) is 8.56. The molecule has 2 aliphatic carbocycles. The van der Waals surface area contributed by atoms with E-state index in [4.69, 9.17) is 15.2 Å². The van der Waals surface area contributed by atoms with Crippen molar-refractivity contribution in [2.75, 3.05) is 33.4 Å². The first-order chi connectivity index (χ1) is 13.1. The summed E-state index contributed by atoms with van der Waals surface area (Å²) in [4.78, 5) is 14.5. The molecule has 2 N–H and O–H groups in total. The minimum Gasteiger partial charge on any atom is -0.380 e. The zero-order chi connectivity index (χ0) is 18.6. The third kappa shape index (κ3) is 2.59. The number of nitrogens with zero attached hydrogens (tertiary/aromatic N) is 1. The molecule has 2 atom stereocenters. The summed E-state index contributed by atoms with van der Waals surface area (Å²) in [7, 11) is 1.85. The van der Waals surface area contributed by atoms with E-state index in [2.05, 4.69) is 11.0 Å². The Morgan fingerprint density at radius 3 is 2.48 bits per heavy atom. The van der Waals surface area contributed by atoms with Crippen LogP contribution >= 0.6 is 0 Å². The van der Waals surface area contributed by atoms with E-state index in [1.54, 1.807) is 6.07 Å². The van der Waals surface area contributed by atoms with E-state index in [-0.39, 0.29) is 11.5 Å². The van der Waals surface area contributed by atoms with Crippen LogP contribution in [0.4, 0.5) is 0 Å². The zero-order valence-corrected chi connectivity index (χ0v) is 16.2. The van der Waals surface area contributed by atoms with Crippen molar-refractivity contribution in [3.63, 3.8) is 0 Å². The molecule has 5 nitrogen and oxygen atoms in total. The normalized spacial score (nSPS) is 35.4. The predicted octanol–water partition coefficient (Wildman–Crippen LogP) is 2.54. The van der Waals surface area contributed by atoms with Gasteiger partial charge in [0, 0.05) is 49.1 Å². The lowest BCUT2D eigenvalue weighted by Gasteiger charge is -2.61. The van der Waals surface area contributed by atoms with Crippen molar-refractivity contribution in [1.82, 2.24) is 4.90 Å². The summed E-state index contributed by atoms with van der Waals surface area (Å²) in [5.74, 6) is 0.563. The van der Waals surface area contributed by atoms with Crippen LogP contribution in [0.25, 0.3) is 0 Å². The molecule has 1 aromatic carbocycles. The highest BCUT2D eigenvalue weighted by Gasteiger charge is 2.57. The average Bonchev–Trinajstić information content (AvgIpc) is 2.58. The molecule has 5 rings (SSSR count). The van der Waals surface area contributed by atoms with Crippen LogP contribution in [0.5, 0.6) is 0 Å². The van der Waals surface area contributed by atoms with Crippen molar-refractivity contribution in [2.45, 2.75) is 43.7 Å². The molecule has 27 heavy (non-hydrogen) atoms. The number of hydrogen-bond acceptors (Lipinski definition) is 4. The van der Waals surface area contributed by atoms with Crippen LogP contribution < -0.4 is 5.73 Å². The van der Waals surface area contributed by atoms with Crippen LogP contribution in [0.15, 0.2) is 24.3 Å². The SMILES string of the molecule is COC1(c2cccc(C(N)=O)c2)C2CCCC1CN(C1CC3(COC3)C1)C2. The lowest BCUT2D eigenvalue weighted by Crippen LogP contribution is -2.66. The number of methoxy groups -OCH3 is 1. The molecule has 4 aliphatic rings. The highest BCUT2D eigenvalue weighted by Crippen LogP contribution is 2.55. The Hall–Kier alpha value is -1.43. The number of nitrogens with two attached hydrogens (primary N) is 1. The van der Waals surface area contributed by atoms with Gasteiger partial charge in [-0.3, -0.25) is 9.69 Å². The molecule has 146 valence electrons. The van der Waals surface area contributed by atoms with Gasteiger partial charge in [0.2, 0.25) is 5.91 Å². The molecule has 1 amide bonds. The Morgan fingerprint density at radius 2 is 1.93 bits per heavy atom. The second-order valence-corrected chi connectivity index (χ2v) is 9.28. The lowest BCUT2D eigenvalue weighted by atomic mass is 9.59. The number of likely N-dealkylation sites (tertiary alicyclic amines) is 1. The Morgan fingerprint density at radius 1 is 1.22 bits per heavy atom. The molecule has 5 heteroatoms. The number of carbonyl (C=O) groups excluding carboxylic acids is 1. The van der Waals surface area contributed by atoms with Crippen LogP contribution in [0, 0.1) is 17.3 Å². The number of piperidine rings is 1. The van der Waals surface area contributed by atoms with E-state index in [0.717, 1.165) is 31.9 Å². The molecule has 2 heterocycles. The number of ether oxygens (including phenoxy) is 2. The van der Waals surface area contributed by atoms with Gasteiger partial charge in [0.1, 0.15) is 5.60 Å². The molecule has 2 unspecified atom stereocenters.